The lowest BCUT2D eigenvalue weighted by atomic mass is 10.1. The van der Waals surface area contributed by atoms with E-state index < -0.39 is 11.9 Å². The molecule has 0 aromatic heterocycles. The number of benzene rings is 1. The average Bonchev–Trinajstić information content (AvgIpc) is 2.35. The lowest BCUT2D eigenvalue weighted by Crippen LogP contribution is -2.39. The van der Waals surface area contributed by atoms with Crippen LogP contribution in [-0.2, 0) is 4.74 Å². The van der Waals surface area contributed by atoms with Gasteiger partial charge in [0.1, 0.15) is 11.9 Å². The minimum atomic E-state index is -0.646. The number of rotatable bonds is 2. The molecule has 1 aromatic rings. The molecule has 0 radical (unpaired) electrons. The number of ether oxygens (including phenoxy) is 1. The molecule has 3 nitrogen and oxygen atoms in total. The molecule has 90 valence electrons. The fraction of sp³-hybridized carbons (Fsp3) is 0.417. The van der Waals surface area contributed by atoms with Gasteiger partial charge in [-0.25, -0.2) is 4.39 Å². The molecule has 0 saturated carbocycles. The summed E-state index contributed by atoms with van der Waals surface area (Å²) in [5.41, 5.74) is 0.263. The van der Waals surface area contributed by atoms with Gasteiger partial charge in [-0.15, -0.1) is 0 Å². The van der Waals surface area contributed by atoms with E-state index in [0.29, 0.717) is 31.3 Å². The van der Waals surface area contributed by atoms with Crippen LogP contribution in [0.2, 0.25) is 5.02 Å². The van der Waals surface area contributed by atoms with E-state index in [2.05, 4.69) is 6.07 Å². The molecule has 0 amide bonds. The Morgan fingerprint density at radius 3 is 2.71 bits per heavy atom. The number of hydrogen-bond donors (Lipinski definition) is 0. The van der Waals surface area contributed by atoms with Gasteiger partial charge in [-0.05, 0) is 12.1 Å². The Kier molecular flexibility index (Phi) is 3.95. The van der Waals surface area contributed by atoms with E-state index in [1.165, 1.54) is 12.1 Å². The molecule has 5 heteroatoms. The standard InChI is InChI=1S/C12H12ClFN2O/c13-9-2-1-3-10(14)12(9)11(8-15)16-4-6-17-7-5-16/h1-3,11H,4-7H2/t11-/m1/s1. The minimum Gasteiger partial charge on any atom is -0.379 e. The topological polar surface area (TPSA) is 36.3 Å². The summed E-state index contributed by atoms with van der Waals surface area (Å²) in [7, 11) is 0. The smallest absolute Gasteiger partial charge is 0.130 e. The van der Waals surface area contributed by atoms with Crippen LogP contribution in [0.15, 0.2) is 18.2 Å². The van der Waals surface area contributed by atoms with Crippen LogP contribution in [0, 0.1) is 17.1 Å². The zero-order chi connectivity index (χ0) is 12.3. The maximum atomic E-state index is 13.7. The predicted octanol–water partition coefficient (Wildman–Crippen LogP) is 2.38. The molecule has 1 saturated heterocycles. The van der Waals surface area contributed by atoms with Gasteiger partial charge in [-0.2, -0.15) is 5.26 Å². The van der Waals surface area contributed by atoms with Gasteiger partial charge in [-0.1, -0.05) is 17.7 Å². The van der Waals surface area contributed by atoms with Gasteiger partial charge < -0.3 is 4.74 Å². The number of nitrogens with zero attached hydrogens (tertiary/aromatic N) is 2. The Bertz CT molecular complexity index is 420. The van der Waals surface area contributed by atoms with Crippen molar-refractivity contribution in [1.29, 1.82) is 5.26 Å². The lowest BCUT2D eigenvalue weighted by Gasteiger charge is -2.31. The van der Waals surface area contributed by atoms with Crippen molar-refractivity contribution in [2.24, 2.45) is 0 Å². The first-order valence-electron chi connectivity index (χ1n) is 5.39. The maximum absolute atomic E-state index is 13.7. The summed E-state index contributed by atoms with van der Waals surface area (Å²) < 4.78 is 19.0. The third-order valence-electron chi connectivity index (χ3n) is 2.81. The summed E-state index contributed by atoms with van der Waals surface area (Å²) >= 11 is 5.97. The van der Waals surface area contributed by atoms with E-state index in [0.717, 1.165) is 0 Å². The van der Waals surface area contributed by atoms with Crippen molar-refractivity contribution >= 4 is 11.6 Å². The fourth-order valence-corrected chi connectivity index (χ4v) is 2.20. The Morgan fingerprint density at radius 2 is 2.12 bits per heavy atom. The predicted molar refractivity (Wildman–Crippen MR) is 62.2 cm³/mol. The third kappa shape index (κ3) is 2.58. The van der Waals surface area contributed by atoms with Gasteiger partial charge in [0.15, 0.2) is 0 Å². The van der Waals surface area contributed by atoms with Crippen molar-refractivity contribution in [2.75, 3.05) is 26.3 Å². The third-order valence-corrected chi connectivity index (χ3v) is 3.14. The van der Waals surface area contributed by atoms with Gasteiger partial charge >= 0.3 is 0 Å². The Hall–Kier alpha value is -1.15. The highest BCUT2D eigenvalue weighted by molar-refractivity contribution is 6.31. The molecule has 17 heavy (non-hydrogen) atoms. The summed E-state index contributed by atoms with van der Waals surface area (Å²) in [6.45, 7) is 2.35. The highest BCUT2D eigenvalue weighted by atomic mass is 35.5. The largest absolute Gasteiger partial charge is 0.379 e. The van der Waals surface area contributed by atoms with Crippen molar-refractivity contribution in [2.45, 2.75) is 6.04 Å². The molecule has 1 atom stereocenters. The molecule has 0 aliphatic carbocycles. The van der Waals surface area contributed by atoms with Crippen LogP contribution >= 0.6 is 11.6 Å². The van der Waals surface area contributed by atoms with Gasteiger partial charge in [0.05, 0.1) is 19.3 Å². The molecule has 1 heterocycles. The Morgan fingerprint density at radius 1 is 1.41 bits per heavy atom. The van der Waals surface area contributed by atoms with E-state index >= 15 is 0 Å². The van der Waals surface area contributed by atoms with E-state index in [4.69, 9.17) is 16.3 Å². The first kappa shape index (κ1) is 12.3. The number of halogens is 2. The highest BCUT2D eigenvalue weighted by Gasteiger charge is 2.26. The van der Waals surface area contributed by atoms with Crippen LogP contribution in [0.3, 0.4) is 0 Å². The van der Waals surface area contributed by atoms with Gasteiger partial charge in [0, 0.05) is 23.7 Å². The average molecular weight is 255 g/mol. The first-order valence-corrected chi connectivity index (χ1v) is 5.77. The van der Waals surface area contributed by atoms with Crippen LogP contribution in [0.25, 0.3) is 0 Å². The zero-order valence-corrected chi connectivity index (χ0v) is 9.95. The quantitative estimate of drug-likeness (QED) is 0.813. The summed E-state index contributed by atoms with van der Waals surface area (Å²) in [5, 5.41) is 9.52. The molecule has 0 unspecified atom stereocenters. The normalized spacial score (nSPS) is 18.6. The van der Waals surface area contributed by atoms with Crippen LogP contribution in [0.1, 0.15) is 11.6 Å². The fourth-order valence-electron chi connectivity index (χ4n) is 1.94. The first-order chi connectivity index (χ1) is 8.24. The molecular weight excluding hydrogens is 243 g/mol. The zero-order valence-electron chi connectivity index (χ0n) is 9.20. The molecule has 1 aliphatic heterocycles. The molecule has 1 aromatic carbocycles. The van der Waals surface area contributed by atoms with Gasteiger partial charge in [-0.3, -0.25) is 4.90 Å². The summed E-state index contributed by atoms with van der Waals surface area (Å²) in [6.07, 6.45) is 0. The van der Waals surface area contributed by atoms with Crippen LogP contribution in [0.4, 0.5) is 4.39 Å². The second kappa shape index (κ2) is 5.46. The SMILES string of the molecule is N#C[C@H](c1c(F)cccc1Cl)N1CCOCC1. The van der Waals surface area contributed by atoms with Crippen LogP contribution in [-0.4, -0.2) is 31.2 Å². The van der Waals surface area contributed by atoms with Crippen molar-refractivity contribution < 1.29 is 9.13 Å². The number of morpholine rings is 1. The molecule has 2 rings (SSSR count). The van der Waals surface area contributed by atoms with Crippen molar-refractivity contribution in [3.63, 3.8) is 0 Å². The Labute approximate surface area is 104 Å². The van der Waals surface area contributed by atoms with Gasteiger partial charge in [0.2, 0.25) is 0 Å². The van der Waals surface area contributed by atoms with Crippen molar-refractivity contribution in [3.05, 3.63) is 34.6 Å². The molecule has 1 fully saturated rings. The van der Waals surface area contributed by atoms with Crippen LogP contribution in [0.5, 0.6) is 0 Å². The highest BCUT2D eigenvalue weighted by Crippen LogP contribution is 2.29. The summed E-state index contributed by atoms with van der Waals surface area (Å²) in [5.74, 6) is -0.435. The molecule has 0 bridgehead atoms. The number of hydrogen-bond acceptors (Lipinski definition) is 3. The monoisotopic (exact) mass is 254 g/mol. The molecule has 1 aliphatic rings. The minimum absolute atomic E-state index is 0.263. The molecular formula is C12H12ClFN2O. The van der Waals surface area contributed by atoms with Crippen molar-refractivity contribution in [3.8, 4) is 6.07 Å². The van der Waals surface area contributed by atoms with Crippen LogP contribution < -0.4 is 0 Å². The number of nitriles is 1. The van der Waals surface area contributed by atoms with E-state index in [9.17, 15) is 9.65 Å². The summed E-state index contributed by atoms with van der Waals surface area (Å²) in [6, 6.07) is 5.93. The van der Waals surface area contributed by atoms with E-state index in [1.807, 2.05) is 4.90 Å². The maximum Gasteiger partial charge on any atom is 0.130 e. The van der Waals surface area contributed by atoms with E-state index in [-0.39, 0.29) is 5.56 Å². The summed E-state index contributed by atoms with van der Waals surface area (Å²) in [4.78, 5) is 1.88. The van der Waals surface area contributed by atoms with E-state index in [1.54, 1.807) is 6.07 Å². The molecule has 0 spiro atoms. The van der Waals surface area contributed by atoms with Gasteiger partial charge in [0.25, 0.3) is 0 Å². The molecule has 0 N–H and O–H groups in total. The lowest BCUT2D eigenvalue weighted by molar-refractivity contribution is 0.0261. The second-order valence-electron chi connectivity index (χ2n) is 3.82. The second-order valence-corrected chi connectivity index (χ2v) is 4.22. The van der Waals surface area contributed by atoms with Crippen molar-refractivity contribution in [1.82, 2.24) is 4.90 Å². The Balaban J connectivity index is 2.32.